The molecule has 2 amide bonds. The maximum absolute atomic E-state index is 12.7. The number of hydrogen-bond donors (Lipinski definition) is 2. The summed E-state index contributed by atoms with van der Waals surface area (Å²) in [6.45, 7) is 6.47. The molecule has 10 heteroatoms. The molecule has 27 heavy (non-hydrogen) atoms. The zero-order valence-corrected chi connectivity index (χ0v) is 17.5. The number of hydrogen-bond acceptors (Lipinski definition) is 5. The fourth-order valence-corrected chi connectivity index (χ4v) is 3.73. The minimum absolute atomic E-state index is 0.0449. The molecule has 0 spiro atoms. The molecule has 0 saturated carbocycles. The van der Waals surface area contributed by atoms with Crippen molar-refractivity contribution in [3.8, 4) is 0 Å². The predicted molar refractivity (Wildman–Crippen MR) is 107 cm³/mol. The Labute approximate surface area is 172 Å². The van der Waals surface area contributed by atoms with Crippen LogP contribution in [0, 0.1) is 5.92 Å². The number of nitrogens with zero attached hydrogens (tertiary/aromatic N) is 3. The molecule has 2 rings (SSSR count). The van der Waals surface area contributed by atoms with E-state index in [0.717, 1.165) is 0 Å². The summed E-state index contributed by atoms with van der Waals surface area (Å²) in [5, 5.41) is 12.7. The summed E-state index contributed by atoms with van der Waals surface area (Å²) in [5.41, 5.74) is 5.54. The summed E-state index contributed by atoms with van der Waals surface area (Å²) in [6, 6.07) is 4.32. The number of rotatable bonds is 8. The van der Waals surface area contributed by atoms with E-state index in [2.05, 4.69) is 15.5 Å². The summed E-state index contributed by atoms with van der Waals surface area (Å²) in [5.74, 6) is 0.00380. The maximum atomic E-state index is 12.7. The molecule has 7 nitrogen and oxygen atoms in total. The largest absolute Gasteiger partial charge is 0.369 e. The molecular weight excluding hydrogens is 409 g/mol. The first-order chi connectivity index (χ1) is 12.7. The summed E-state index contributed by atoms with van der Waals surface area (Å²) in [7, 11) is 0. The Morgan fingerprint density at radius 3 is 2.56 bits per heavy atom. The van der Waals surface area contributed by atoms with Gasteiger partial charge in [-0.05, 0) is 31.0 Å². The van der Waals surface area contributed by atoms with Gasteiger partial charge in [0.25, 0.3) is 5.91 Å². The minimum atomic E-state index is -0.432. The van der Waals surface area contributed by atoms with E-state index in [0.29, 0.717) is 28.1 Å². The second kappa shape index (κ2) is 9.43. The van der Waals surface area contributed by atoms with Crippen LogP contribution in [0.3, 0.4) is 0 Å². The summed E-state index contributed by atoms with van der Waals surface area (Å²) >= 11 is 13.3. The second-order valence-corrected chi connectivity index (χ2v) is 7.95. The van der Waals surface area contributed by atoms with Gasteiger partial charge in [0.2, 0.25) is 5.91 Å². The molecule has 0 bridgehead atoms. The molecule has 0 aliphatic carbocycles. The Bertz CT molecular complexity index is 841. The Kier molecular flexibility index (Phi) is 7.52. The van der Waals surface area contributed by atoms with Crippen molar-refractivity contribution in [2.75, 3.05) is 5.75 Å². The number of carbonyl (C=O) groups excluding carboxylic acids is 2. The van der Waals surface area contributed by atoms with Crippen LogP contribution in [0.5, 0.6) is 0 Å². The third-order valence-electron chi connectivity index (χ3n) is 3.81. The Morgan fingerprint density at radius 2 is 2.00 bits per heavy atom. The van der Waals surface area contributed by atoms with Gasteiger partial charge >= 0.3 is 0 Å². The molecule has 0 aliphatic heterocycles. The summed E-state index contributed by atoms with van der Waals surface area (Å²) < 4.78 is 1.86. The molecule has 1 aromatic heterocycles. The number of amides is 2. The Hall–Kier alpha value is -1.77. The van der Waals surface area contributed by atoms with Gasteiger partial charge in [0.15, 0.2) is 11.0 Å². The van der Waals surface area contributed by atoms with Crippen LogP contribution in [0.1, 0.15) is 43.0 Å². The van der Waals surface area contributed by atoms with Gasteiger partial charge in [-0.2, -0.15) is 0 Å². The van der Waals surface area contributed by atoms with Crippen LogP contribution in [0.4, 0.5) is 0 Å². The molecule has 0 unspecified atom stereocenters. The lowest BCUT2D eigenvalue weighted by Crippen LogP contribution is -2.34. The van der Waals surface area contributed by atoms with E-state index >= 15 is 0 Å². The molecule has 1 atom stereocenters. The third-order valence-corrected chi connectivity index (χ3v) is 5.35. The second-order valence-electron chi connectivity index (χ2n) is 6.16. The fraction of sp³-hybridized carbons (Fsp3) is 0.412. The van der Waals surface area contributed by atoms with Crippen LogP contribution in [-0.2, 0) is 11.3 Å². The molecule has 0 saturated heterocycles. The van der Waals surface area contributed by atoms with E-state index in [1.807, 2.05) is 25.3 Å². The standard InChI is InChI=1S/C17H21Cl2N5O2S/c1-4-24-15(22-23-17(24)27-8-13(20)25)14(9(2)3)21-16(26)11-6-5-10(18)7-12(11)19/h5-7,9,14H,4,8H2,1-3H3,(H2,20,25)(H,21,26)/t14-/m0/s1. The van der Waals surface area contributed by atoms with E-state index in [1.54, 1.807) is 12.1 Å². The van der Waals surface area contributed by atoms with E-state index in [4.69, 9.17) is 28.9 Å². The highest BCUT2D eigenvalue weighted by molar-refractivity contribution is 7.99. The molecule has 3 N–H and O–H groups in total. The first-order valence-corrected chi connectivity index (χ1v) is 10.1. The number of nitrogens with two attached hydrogens (primary N) is 1. The average Bonchev–Trinajstić information content (AvgIpc) is 2.99. The lowest BCUT2D eigenvalue weighted by molar-refractivity contribution is -0.115. The van der Waals surface area contributed by atoms with E-state index in [1.165, 1.54) is 17.8 Å². The van der Waals surface area contributed by atoms with E-state index in [-0.39, 0.29) is 28.6 Å². The molecule has 1 aromatic carbocycles. The molecule has 1 heterocycles. The first kappa shape index (κ1) is 21.5. The first-order valence-electron chi connectivity index (χ1n) is 8.34. The van der Waals surface area contributed by atoms with Crippen molar-refractivity contribution in [2.45, 2.75) is 38.5 Å². The zero-order valence-electron chi connectivity index (χ0n) is 15.2. The molecule has 146 valence electrons. The highest BCUT2D eigenvalue weighted by Gasteiger charge is 2.26. The smallest absolute Gasteiger partial charge is 0.253 e. The van der Waals surface area contributed by atoms with Gasteiger partial charge in [-0.3, -0.25) is 9.59 Å². The van der Waals surface area contributed by atoms with Crippen molar-refractivity contribution in [1.29, 1.82) is 0 Å². The van der Waals surface area contributed by atoms with Gasteiger partial charge < -0.3 is 15.6 Å². The summed E-state index contributed by atoms with van der Waals surface area (Å²) in [4.78, 5) is 23.8. The van der Waals surface area contributed by atoms with Crippen LogP contribution < -0.4 is 11.1 Å². The number of benzene rings is 1. The molecular formula is C17H21Cl2N5O2S. The number of nitrogens with one attached hydrogen (secondary N) is 1. The van der Waals surface area contributed by atoms with Crippen molar-refractivity contribution < 1.29 is 9.59 Å². The topological polar surface area (TPSA) is 103 Å². The predicted octanol–water partition coefficient (Wildman–Crippen LogP) is 3.31. The lowest BCUT2D eigenvalue weighted by Gasteiger charge is -2.22. The Balaban J connectivity index is 2.29. The fourth-order valence-electron chi connectivity index (χ4n) is 2.49. The minimum Gasteiger partial charge on any atom is -0.369 e. The van der Waals surface area contributed by atoms with Crippen molar-refractivity contribution in [3.63, 3.8) is 0 Å². The van der Waals surface area contributed by atoms with Crippen LogP contribution in [0.15, 0.2) is 23.4 Å². The van der Waals surface area contributed by atoms with Gasteiger partial charge in [0.1, 0.15) is 0 Å². The van der Waals surface area contributed by atoms with Gasteiger partial charge in [-0.25, -0.2) is 0 Å². The monoisotopic (exact) mass is 429 g/mol. The Morgan fingerprint density at radius 1 is 1.30 bits per heavy atom. The molecule has 0 aliphatic rings. The molecule has 0 radical (unpaired) electrons. The summed E-state index contributed by atoms with van der Waals surface area (Å²) in [6.07, 6.45) is 0. The highest BCUT2D eigenvalue weighted by atomic mass is 35.5. The SMILES string of the molecule is CCn1c(SCC(N)=O)nnc1[C@@H](NC(=O)c1ccc(Cl)cc1Cl)C(C)C. The van der Waals surface area contributed by atoms with Crippen LogP contribution in [0.25, 0.3) is 0 Å². The van der Waals surface area contributed by atoms with Crippen LogP contribution in [-0.4, -0.2) is 32.3 Å². The maximum Gasteiger partial charge on any atom is 0.253 e. The van der Waals surface area contributed by atoms with Crippen molar-refractivity contribution in [2.24, 2.45) is 11.7 Å². The highest BCUT2D eigenvalue weighted by Crippen LogP contribution is 2.27. The third kappa shape index (κ3) is 5.37. The van der Waals surface area contributed by atoms with Crippen molar-refractivity contribution in [1.82, 2.24) is 20.1 Å². The van der Waals surface area contributed by atoms with Crippen molar-refractivity contribution in [3.05, 3.63) is 39.6 Å². The van der Waals surface area contributed by atoms with E-state index < -0.39 is 5.91 Å². The average molecular weight is 430 g/mol. The normalized spacial score (nSPS) is 12.2. The van der Waals surface area contributed by atoms with Crippen molar-refractivity contribution >= 4 is 46.8 Å². The van der Waals surface area contributed by atoms with Gasteiger partial charge in [-0.15, -0.1) is 10.2 Å². The van der Waals surface area contributed by atoms with Crippen LogP contribution >= 0.6 is 35.0 Å². The molecule has 0 fully saturated rings. The van der Waals surface area contributed by atoms with Crippen LogP contribution in [0.2, 0.25) is 10.0 Å². The van der Waals surface area contributed by atoms with E-state index in [9.17, 15) is 9.59 Å². The zero-order chi connectivity index (χ0) is 20.1. The molecule has 2 aromatic rings. The number of carbonyl (C=O) groups is 2. The number of halogens is 2. The lowest BCUT2D eigenvalue weighted by atomic mass is 10.0. The number of primary amides is 1. The number of thioether (sulfide) groups is 1. The van der Waals surface area contributed by atoms with Gasteiger partial charge in [0, 0.05) is 11.6 Å². The van der Waals surface area contributed by atoms with Gasteiger partial charge in [-0.1, -0.05) is 48.8 Å². The van der Waals surface area contributed by atoms with Gasteiger partial charge in [0.05, 0.1) is 22.4 Å². The quantitative estimate of drug-likeness (QED) is 0.626. The number of aromatic nitrogens is 3.